The summed E-state index contributed by atoms with van der Waals surface area (Å²) in [6, 6.07) is 8.46. The Labute approximate surface area is 121 Å². The fourth-order valence-electron chi connectivity index (χ4n) is 1.79. The number of para-hydroxylation sites is 1. The standard InChI is InChI=1S/C15H14N2O4/c1-10-13(11(2)21-17-10)9-20-14-6-4-3-5-12(14)15(18)19-8-7-16/h3-6H,8-9H2,1-2H3. The summed E-state index contributed by atoms with van der Waals surface area (Å²) in [4.78, 5) is 11.8. The first kappa shape index (κ1) is 14.6. The summed E-state index contributed by atoms with van der Waals surface area (Å²) in [6.07, 6.45) is 0. The number of rotatable bonds is 5. The summed E-state index contributed by atoms with van der Waals surface area (Å²) in [5.41, 5.74) is 1.87. The van der Waals surface area contributed by atoms with Crippen LogP contribution in [0, 0.1) is 25.2 Å². The average molecular weight is 286 g/mol. The molecule has 0 bridgehead atoms. The number of hydrogen-bond donors (Lipinski definition) is 0. The minimum absolute atomic E-state index is 0.240. The van der Waals surface area contributed by atoms with E-state index in [-0.39, 0.29) is 18.8 Å². The molecule has 21 heavy (non-hydrogen) atoms. The zero-order valence-electron chi connectivity index (χ0n) is 11.8. The fraction of sp³-hybridized carbons (Fsp3) is 0.267. The van der Waals surface area contributed by atoms with Gasteiger partial charge in [-0.1, -0.05) is 17.3 Å². The summed E-state index contributed by atoms with van der Waals surface area (Å²) < 4.78 is 15.5. The van der Waals surface area contributed by atoms with Crippen molar-refractivity contribution in [2.45, 2.75) is 20.5 Å². The Hall–Kier alpha value is -2.81. The van der Waals surface area contributed by atoms with Crippen molar-refractivity contribution < 1.29 is 18.8 Å². The smallest absolute Gasteiger partial charge is 0.342 e. The van der Waals surface area contributed by atoms with Crippen molar-refractivity contribution in [1.82, 2.24) is 5.16 Å². The van der Waals surface area contributed by atoms with Gasteiger partial charge in [0, 0.05) is 0 Å². The van der Waals surface area contributed by atoms with Gasteiger partial charge < -0.3 is 14.0 Å². The number of aromatic nitrogens is 1. The van der Waals surface area contributed by atoms with Gasteiger partial charge in [-0.2, -0.15) is 5.26 Å². The third kappa shape index (κ3) is 3.39. The highest BCUT2D eigenvalue weighted by molar-refractivity contribution is 5.92. The van der Waals surface area contributed by atoms with Crippen molar-refractivity contribution in [3.05, 3.63) is 46.8 Å². The molecule has 1 aromatic carbocycles. The average Bonchev–Trinajstić information content (AvgIpc) is 2.82. The summed E-state index contributed by atoms with van der Waals surface area (Å²) in [7, 11) is 0. The second kappa shape index (κ2) is 6.57. The van der Waals surface area contributed by atoms with E-state index in [0.29, 0.717) is 11.5 Å². The van der Waals surface area contributed by atoms with Crippen LogP contribution in [-0.2, 0) is 11.3 Å². The van der Waals surface area contributed by atoms with Crippen LogP contribution in [0.15, 0.2) is 28.8 Å². The van der Waals surface area contributed by atoms with Crippen molar-refractivity contribution in [3.8, 4) is 11.8 Å². The maximum atomic E-state index is 11.8. The van der Waals surface area contributed by atoms with Crippen molar-refractivity contribution >= 4 is 5.97 Å². The normalized spacial score (nSPS) is 9.95. The van der Waals surface area contributed by atoms with Crippen LogP contribution < -0.4 is 4.74 Å². The molecular weight excluding hydrogens is 272 g/mol. The van der Waals surface area contributed by atoms with Crippen molar-refractivity contribution in [3.63, 3.8) is 0 Å². The van der Waals surface area contributed by atoms with E-state index in [4.69, 9.17) is 19.3 Å². The molecule has 108 valence electrons. The maximum absolute atomic E-state index is 11.8. The van der Waals surface area contributed by atoms with Gasteiger partial charge in [0.2, 0.25) is 0 Å². The molecule has 0 amide bonds. The van der Waals surface area contributed by atoms with Crippen LogP contribution in [0.2, 0.25) is 0 Å². The number of carbonyl (C=O) groups excluding carboxylic acids is 1. The topological polar surface area (TPSA) is 85.3 Å². The lowest BCUT2D eigenvalue weighted by Crippen LogP contribution is -2.08. The number of aryl methyl sites for hydroxylation is 2. The SMILES string of the molecule is Cc1noc(C)c1COc1ccccc1C(=O)OCC#N. The molecule has 2 aromatic rings. The monoisotopic (exact) mass is 286 g/mol. The molecule has 0 fully saturated rings. The Bertz CT molecular complexity index is 666. The van der Waals surface area contributed by atoms with Crippen LogP contribution in [0.25, 0.3) is 0 Å². The Morgan fingerprint density at radius 2 is 2.14 bits per heavy atom. The summed E-state index contributed by atoms with van der Waals surface area (Å²) in [5.74, 6) is 0.475. The van der Waals surface area contributed by atoms with Crippen molar-refractivity contribution in [1.29, 1.82) is 5.26 Å². The van der Waals surface area contributed by atoms with Gasteiger partial charge in [0.05, 0.1) is 11.3 Å². The summed E-state index contributed by atoms with van der Waals surface area (Å²) >= 11 is 0. The van der Waals surface area contributed by atoms with E-state index in [1.807, 2.05) is 6.92 Å². The molecule has 0 N–H and O–H groups in total. The van der Waals surface area contributed by atoms with Gasteiger partial charge in [-0.3, -0.25) is 0 Å². The molecule has 0 aliphatic heterocycles. The predicted octanol–water partition coefficient (Wildman–Crippen LogP) is 2.55. The number of nitriles is 1. The Morgan fingerprint density at radius 1 is 1.38 bits per heavy atom. The molecule has 0 atom stereocenters. The van der Waals surface area contributed by atoms with Gasteiger partial charge >= 0.3 is 5.97 Å². The molecule has 0 saturated carbocycles. The van der Waals surface area contributed by atoms with E-state index in [0.717, 1.165) is 11.3 Å². The van der Waals surface area contributed by atoms with Crippen molar-refractivity contribution in [2.75, 3.05) is 6.61 Å². The first-order valence-corrected chi connectivity index (χ1v) is 6.31. The van der Waals surface area contributed by atoms with Crippen LogP contribution in [0.4, 0.5) is 0 Å². The van der Waals surface area contributed by atoms with Gasteiger partial charge in [-0.05, 0) is 26.0 Å². The van der Waals surface area contributed by atoms with E-state index in [2.05, 4.69) is 5.16 Å². The van der Waals surface area contributed by atoms with Gasteiger partial charge in [-0.15, -0.1) is 0 Å². The van der Waals surface area contributed by atoms with Gasteiger partial charge in [0.1, 0.15) is 29.7 Å². The third-order valence-electron chi connectivity index (χ3n) is 2.93. The first-order valence-electron chi connectivity index (χ1n) is 6.31. The summed E-state index contributed by atoms with van der Waals surface area (Å²) in [5, 5.41) is 12.3. The number of hydrogen-bond acceptors (Lipinski definition) is 6. The maximum Gasteiger partial charge on any atom is 0.342 e. The van der Waals surface area contributed by atoms with E-state index in [1.165, 1.54) is 0 Å². The lowest BCUT2D eigenvalue weighted by molar-refractivity contribution is 0.0550. The lowest BCUT2D eigenvalue weighted by atomic mass is 10.2. The van der Waals surface area contributed by atoms with Crippen LogP contribution in [0.3, 0.4) is 0 Å². The fourth-order valence-corrected chi connectivity index (χ4v) is 1.79. The molecule has 1 heterocycles. The highest BCUT2D eigenvalue weighted by atomic mass is 16.5. The molecular formula is C15H14N2O4. The van der Waals surface area contributed by atoms with E-state index < -0.39 is 5.97 Å². The molecule has 0 saturated heterocycles. The zero-order chi connectivity index (χ0) is 15.2. The predicted molar refractivity (Wildman–Crippen MR) is 72.6 cm³/mol. The zero-order valence-corrected chi connectivity index (χ0v) is 11.8. The van der Waals surface area contributed by atoms with Gasteiger partial charge in [0.15, 0.2) is 6.61 Å². The van der Waals surface area contributed by atoms with Crippen LogP contribution in [0.1, 0.15) is 27.4 Å². The number of carbonyl (C=O) groups is 1. The Balaban J connectivity index is 2.14. The second-order valence-electron chi connectivity index (χ2n) is 4.32. The molecule has 0 radical (unpaired) electrons. The largest absolute Gasteiger partial charge is 0.488 e. The quantitative estimate of drug-likeness (QED) is 0.785. The Kier molecular flexibility index (Phi) is 4.57. The highest BCUT2D eigenvalue weighted by Crippen LogP contribution is 2.22. The minimum atomic E-state index is -0.592. The van der Waals surface area contributed by atoms with E-state index in [9.17, 15) is 4.79 Å². The van der Waals surface area contributed by atoms with Gasteiger partial charge in [0.25, 0.3) is 0 Å². The Morgan fingerprint density at radius 3 is 2.81 bits per heavy atom. The molecule has 0 spiro atoms. The van der Waals surface area contributed by atoms with E-state index in [1.54, 1.807) is 37.3 Å². The van der Waals surface area contributed by atoms with Crippen molar-refractivity contribution in [2.24, 2.45) is 0 Å². The molecule has 6 heteroatoms. The van der Waals surface area contributed by atoms with E-state index >= 15 is 0 Å². The third-order valence-corrected chi connectivity index (χ3v) is 2.93. The molecule has 2 rings (SSSR count). The highest BCUT2D eigenvalue weighted by Gasteiger charge is 2.15. The second-order valence-corrected chi connectivity index (χ2v) is 4.32. The molecule has 1 aromatic heterocycles. The molecule has 0 aliphatic carbocycles. The number of ether oxygens (including phenoxy) is 2. The first-order chi connectivity index (χ1) is 10.1. The van der Waals surface area contributed by atoms with Crippen LogP contribution in [0.5, 0.6) is 5.75 Å². The van der Waals surface area contributed by atoms with Crippen LogP contribution >= 0.6 is 0 Å². The molecule has 6 nitrogen and oxygen atoms in total. The van der Waals surface area contributed by atoms with Crippen LogP contribution in [-0.4, -0.2) is 17.7 Å². The number of esters is 1. The molecule has 0 aliphatic rings. The lowest BCUT2D eigenvalue weighted by Gasteiger charge is -2.10. The molecule has 0 unspecified atom stereocenters. The summed E-state index contributed by atoms with van der Waals surface area (Å²) in [6.45, 7) is 3.56. The minimum Gasteiger partial charge on any atom is -0.488 e. The number of nitrogens with zero attached hydrogens (tertiary/aromatic N) is 2. The number of benzene rings is 1. The van der Waals surface area contributed by atoms with Gasteiger partial charge in [-0.25, -0.2) is 4.79 Å².